The fraction of sp³-hybridized carbons (Fsp3) is 0.750. The minimum Gasteiger partial charge on any atom is -0.480 e. The van der Waals surface area contributed by atoms with Gasteiger partial charge in [-0.05, 0) is 39.2 Å². The lowest BCUT2D eigenvalue weighted by molar-refractivity contribution is -0.142. The van der Waals surface area contributed by atoms with E-state index in [1.807, 2.05) is 0 Å². The second kappa shape index (κ2) is 9.36. The Bertz CT molecular complexity index is 517. The van der Waals surface area contributed by atoms with Crippen molar-refractivity contribution in [2.45, 2.75) is 64.7 Å². The molecule has 1 aliphatic rings. The van der Waals surface area contributed by atoms with Crippen molar-refractivity contribution >= 4 is 23.7 Å². The summed E-state index contributed by atoms with van der Waals surface area (Å²) in [7, 11) is 0. The second-order valence-corrected chi connectivity index (χ2v) is 6.68. The van der Waals surface area contributed by atoms with Gasteiger partial charge in [-0.1, -0.05) is 13.8 Å². The molecule has 0 aliphatic carbocycles. The predicted molar refractivity (Wildman–Crippen MR) is 90.6 cm³/mol. The maximum atomic E-state index is 12.3. The molecule has 142 valence electrons. The number of nitrogens with one attached hydrogen (secondary N) is 4. The minimum absolute atomic E-state index is 0.245. The van der Waals surface area contributed by atoms with Crippen LogP contribution in [0.25, 0.3) is 0 Å². The molecule has 1 saturated heterocycles. The molecule has 0 aromatic carbocycles. The summed E-state index contributed by atoms with van der Waals surface area (Å²) >= 11 is 0. The largest absolute Gasteiger partial charge is 0.480 e. The van der Waals surface area contributed by atoms with Crippen LogP contribution in [0.2, 0.25) is 0 Å². The van der Waals surface area contributed by atoms with Crippen molar-refractivity contribution in [1.82, 2.24) is 21.3 Å². The molecule has 9 heteroatoms. The number of rotatable bonds is 8. The summed E-state index contributed by atoms with van der Waals surface area (Å²) in [6, 6.07) is -3.05. The Morgan fingerprint density at radius 1 is 0.960 bits per heavy atom. The Morgan fingerprint density at radius 3 is 2.08 bits per heavy atom. The van der Waals surface area contributed by atoms with Crippen molar-refractivity contribution < 1.29 is 24.3 Å². The van der Waals surface area contributed by atoms with Crippen LogP contribution in [0.3, 0.4) is 0 Å². The lowest BCUT2D eigenvalue weighted by Gasteiger charge is -2.25. The van der Waals surface area contributed by atoms with E-state index in [0.717, 1.165) is 19.4 Å². The molecule has 4 unspecified atom stereocenters. The molecule has 0 saturated carbocycles. The Kier molecular flexibility index (Phi) is 7.82. The van der Waals surface area contributed by atoms with Crippen molar-refractivity contribution in [3.8, 4) is 0 Å². The van der Waals surface area contributed by atoms with E-state index in [2.05, 4.69) is 21.3 Å². The molecule has 3 amide bonds. The number of aliphatic carboxylic acids is 1. The average molecular weight is 356 g/mol. The maximum Gasteiger partial charge on any atom is 0.325 e. The lowest BCUT2D eigenvalue weighted by Crippen LogP contribution is -2.57. The summed E-state index contributed by atoms with van der Waals surface area (Å²) in [6.07, 6.45) is 1.64. The van der Waals surface area contributed by atoms with Crippen molar-refractivity contribution in [1.29, 1.82) is 0 Å². The van der Waals surface area contributed by atoms with Gasteiger partial charge in [0.1, 0.15) is 18.1 Å². The Labute approximate surface area is 147 Å². The Balaban J connectivity index is 2.60. The van der Waals surface area contributed by atoms with Gasteiger partial charge in [-0.25, -0.2) is 0 Å². The van der Waals surface area contributed by atoms with Crippen LogP contribution in [-0.4, -0.2) is 59.5 Å². The van der Waals surface area contributed by atoms with E-state index in [1.165, 1.54) is 13.8 Å². The first-order chi connectivity index (χ1) is 11.6. The molecule has 5 N–H and O–H groups in total. The molecule has 0 spiro atoms. The molecule has 0 aromatic heterocycles. The Morgan fingerprint density at radius 2 is 1.60 bits per heavy atom. The number of carboxylic acid groups (broad SMARTS) is 1. The highest BCUT2D eigenvalue weighted by Gasteiger charge is 2.30. The fourth-order valence-corrected chi connectivity index (χ4v) is 2.47. The first-order valence-electron chi connectivity index (χ1n) is 8.50. The van der Waals surface area contributed by atoms with Crippen LogP contribution in [0.5, 0.6) is 0 Å². The van der Waals surface area contributed by atoms with E-state index in [4.69, 9.17) is 5.11 Å². The highest BCUT2D eigenvalue weighted by molar-refractivity contribution is 5.94. The summed E-state index contributed by atoms with van der Waals surface area (Å²) in [5.74, 6) is -2.72. The third-order valence-corrected chi connectivity index (χ3v) is 4.10. The highest BCUT2D eigenvalue weighted by atomic mass is 16.4. The Hall–Kier alpha value is -2.16. The zero-order valence-corrected chi connectivity index (χ0v) is 15.1. The monoisotopic (exact) mass is 356 g/mol. The second-order valence-electron chi connectivity index (χ2n) is 6.68. The zero-order valence-electron chi connectivity index (χ0n) is 15.1. The van der Waals surface area contributed by atoms with Gasteiger partial charge in [-0.2, -0.15) is 0 Å². The van der Waals surface area contributed by atoms with Crippen molar-refractivity contribution in [3.05, 3.63) is 0 Å². The third kappa shape index (κ3) is 6.33. The molecule has 4 atom stereocenters. The van der Waals surface area contributed by atoms with Gasteiger partial charge >= 0.3 is 5.97 Å². The van der Waals surface area contributed by atoms with Crippen LogP contribution in [-0.2, 0) is 19.2 Å². The van der Waals surface area contributed by atoms with Crippen LogP contribution in [0.15, 0.2) is 0 Å². The molecule has 0 radical (unpaired) electrons. The normalized spacial score (nSPS) is 20.4. The quantitative estimate of drug-likeness (QED) is 0.377. The highest BCUT2D eigenvalue weighted by Crippen LogP contribution is 2.06. The predicted octanol–water partition coefficient (Wildman–Crippen LogP) is -1.03. The third-order valence-electron chi connectivity index (χ3n) is 4.10. The average Bonchev–Trinajstić information content (AvgIpc) is 3.05. The van der Waals surface area contributed by atoms with Crippen molar-refractivity contribution in [3.63, 3.8) is 0 Å². The minimum atomic E-state index is -1.16. The van der Waals surface area contributed by atoms with Gasteiger partial charge in [0.15, 0.2) is 0 Å². The number of hydrogen-bond donors (Lipinski definition) is 5. The SMILES string of the molecule is CC(NC(=O)C(NC(=O)C(C)NC(=O)C1CCCN1)C(C)C)C(=O)O. The summed E-state index contributed by atoms with van der Waals surface area (Å²) in [5, 5.41) is 19.5. The van der Waals surface area contributed by atoms with E-state index in [1.54, 1.807) is 13.8 Å². The molecular weight excluding hydrogens is 328 g/mol. The number of carboxylic acids is 1. The van der Waals surface area contributed by atoms with Crippen LogP contribution < -0.4 is 21.3 Å². The lowest BCUT2D eigenvalue weighted by atomic mass is 10.0. The maximum absolute atomic E-state index is 12.3. The molecular formula is C16H28N4O5. The van der Waals surface area contributed by atoms with Gasteiger partial charge in [0.2, 0.25) is 17.7 Å². The van der Waals surface area contributed by atoms with E-state index in [9.17, 15) is 19.2 Å². The number of hydrogen-bond acceptors (Lipinski definition) is 5. The standard InChI is InChI=1S/C16H28N4O5/c1-8(2)12(15(23)19-10(4)16(24)25)20-13(21)9(3)18-14(22)11-6-5-7-17-11/h8-12,17H,5-7H2,1-4H3,(H,18,22)(H,19,23)(H,20,21)(H,24,25). The molecule has 1 fully saturated rings. The molecule has 0 bridgehead atoms. The van der Waals surface area contributed by atoms with Gasteiger partial charge in [0.05, 0.1) is 6.04 Å². The number of carbonyl (C=O) groups is 4. The summed E-state index contributed by atoms with van der Waals surface area (Å²) in [6.45, 7) is 7.13. The molecule has 1 rings (SSSR count). The van der Waals surface area contributed by atoms with Crippen molar-refractivity contribution in [2.24, 2.45) is 5.92 Å². The fourth-order valence-electron chi connectivity index (χ4n) is 2.47. The van der Waals surface area contributed by atoms with Crippen LogP contribution in [0, 0.1) is 5.92 Å². The molecule has 25 heavy (non-hydrogen) atoms. The van der Waals surface area contributed by atoms with E-state index >= 15 is 0 Å². The number of amides is 3. The topological polar surface area (TPSA) is 137 Å². The molecule has 0 aromatic rings. The zero-order chi connectivity index (χ0) is 19.1. The van der Waals surface area contributed by atoms with E-state index in [-0.39, 0.29) is 17.9 Å². The van der Waals surface area contributed by atoms with Crippen LogP contribution in [0.1, 0.15) is 40.5 Å². The van der Waals surface area contributed by atoms with Crippen molar-refractivity contribution in [2.75, 3.05) is 6.54 Å². The van der Waals surface area contributed by atoms with Gasteiger partial charge < -0.3 is 26.4 Å². The molecule has 9 nitrogen and oxygen atoms in total. The van der Waals surface area contributed by atoms with Gasteiger partial charge in [0, 0.05) is 0 Å². The summed E-state index contributed by atoms with van der Waals surface area (Å²) in [5.41, 5.74) is 0. The van der Waals surface area contributed by atoms with Gasteiger partial charge in [0.25, 0.3) is 0 Å². The van der Waals surface area contributed by atoms with Crippen LogP contribution >= 0.6 is 0 Å². The number of carbonyl (C=O) groups excluding carboxylic acids is 3. The van der Waals surface area contributed by atoms with E-state index < -0.39 is 35.9 Å². The van der Waals surface area contributed by atoms with Crippen LogP contribution in [0.4, 0.5) is 0 Å². The van der Waals surface area contributed by atoms with Gasteiger partial charge in [-0.3, -0.25) is 19.2 Å². The first-order valence-corrected chi connectivity index (χ1v) is 8.50. The molecule has 1 aliphatic heterocycles. The van der Waals surface area contributed by atoms with E-state index in [0.29, 0.717) is 0 Å². The summed E-state index contributed by atoms with van der Waals surface area (Å²) < 4.78 is 0. The first kappa shape index (κ1) is 20.9. The molecule has 1 heterocycles. The smallest absolute Gasteiger partial charge is 0.325 e. The van der Waals surface area contributed by atoms with Gasteiger partial charge in [-0.15, -0.1) is 0 Å². The summed E-state index contributed by atoms with van der Waals surface area (Å²) in [4.78, 5) is 47.4.